The number of hydrogen-bond acceptors (Lipinski definition) is 4. The summed E-state index contributed by atoms with van der Waals surface area (Å²) in [7, 11) is 0. The van der Waals surface area contributed by atoms with Crippen LogP contribution in [0.4, 0.5) is 19.0 Å². The van der Waals surface area contributed by atoms with Crippen molar-refractivity contribution in [2.24, 2.45) is 5.92 Å². The van der Waals surface area contributed by atoms with Crippen LogP contribution in [0, 0.1) is 5.92 Å². The lowest BCUT2D eigenvalue weighted by atomic mass is 10.1. The van der Waals surface area contributed by atoms with Crippen LogP contribution >= 0.6 is 15.9 Å². The van der Waals surface area contributed by atoms with Gasteiger partial charge in [-0.15, -0.1) is 0 Å². The highest BCUT2D eigenvalue weighted by Gasteiger charge is 2.45. The van der Waals surface area contributed by atoms with Crippen LogP contribution in [0.25, 0.3) is 0 Å². The number of carbonyl (C=O) groups excluding carboxylic acids is 1. The molecule has 144 valence electrons. The number of ether oxygens (including phenoxy) is 1. The molecule has 3 rings (SSSR count). The molecule has 1 saturated carbocycles. The summed E-state index contributed by atoms with van der Waals surface area (Å²) < 4.78 is 43.4. The molecule has 27 heavy (non-hydrogen) atoms. The van der Waals surface area contributed by atoms with E-state index in [9.17, 15) is 18.0 Å². The van der Waals surface area contributed by atoms with Crippen molar-refractivity contribution >= 4 is 27.7 Å². The first-order chi connectivity index (χ1) is 12.8. The molecule has 1 aromatic heterocycles. The van der Waals surface area contributed by atoms with Gasteiger partial charge in [-0.3, -0.25) is 4.79 Å². The number of aromatic nitrogens is 1. The summed E-state index contributed by atoms with van der Waals surface area (Å²) >= 11 is 2.97. The van der Waals surface area contributed by atoms with Crippen molar-refractivity contribution in [2.75, 3.05) is 11.9 Å². The largest absolute Gasteiger partial charge is 0.466 e. The first-order valence-electron chi connectivity index (χ1n) is 8.51. The number of esters is 1. The van der Waals surface area contributed by atoms with Crippen LogP contribution in [0.2, 0.25) is 0 Å². The van der Waals surface area contributed by atoms with Crippen molar-refractivity contribution < 1.29 is 22.7 Å². The van der Waals surface area contributed by atoms with Crippen molar-refractivity contribution in [3.63, 3.8) is 0 Å². The summed E-state index contributed by atoms with van der Waals surface area (Å²) in [5, 5.41) is 3.08. The first-order valence-corrected chi connectivity index (χ1v) is 9.31. The number of anilines is 1. The summed E-state index contributed by atoms with van der Waals surface area (Å²) in [4.78, 5) is 16.0. The van der Waals surface area contributed by atoms with E-state index >= 15 is 0 Å². The standard InChI is InChI=1S/C19H18BrF3N2O2/c1-2-27-18(26)14-8-13(14)12-4-6-17(25-10-12)24-9-11-3-5-15(16(20)7-11)19(21,22)23/h3-7,10,13-14H,2,8-9H2,1H3,(H,24,25)/t13-,14+/m1/s1. The molecular formula is C19H18BrF3N2O2. The number of nitrogens with one attached hydrogen (secondary N) is 1. The zero-order chi connectivity index (χ0) is 19.6. The minimum Gasteiger partial charge on any atom is -0.466 e. The fraction of sp³-hybridized carbons (Fsp3) is 0.368. The molecule has 1 N–H and O–H groups in total. The quantitative estimate of drug-likeness (QED) is 0.629. The maximum atomic E-state index is 12.8. The van der Waals surface area contributed by atoms with E-state index < -0.39 is 11.7 Å². The Morgan fingerprint density at radius 2 is 2.11 bits per heavy atom. The number of nitrogens with zero attached hydrogens (tertiary/aromatic N) is 1. The molecule has 0 aliphatic heterocycles. The van der Waals surface area contributed by atoms with Crippen molar-refractivity contribution in [2.45, 2.75) is 32.0 Å². The minimum atomic E-state index is -4.38. The van der Waals surface area contributed by atoms with E-state index in [-0.39, 0.29) is 22.3 Å². The molecule has 0 saturated heterocycles. The van der Waals surface area contributed by atoms with Crippen molar-refractivity contribution in [1.82, 2.24) is 4.98 Å². The maximum absolute atomic E-state index is 12.8. The van der Waals surface area contributed by atoms with Gasteiger partial charge < -0.3 is 10.1 Å². The highest BCUT2D eigenvalue weighted by molar-refractivity contribution is 9.10. The summed E-state index contributed by atoms with van der Waals surface area (Å²) in [5.41, 5.74) is 0.982. The number of hydrogen-bond donors (Lipinski definition) is 1. The number of benzene rings is 1. The number of halogens is 4. The second-order valence-corrected chi connectivity index (χ2v) is 7.20. The topological polar surface area (TPSA) is 51.2 Å². The lowest BCUT2D eigenvalue weighted by Crippen LogP contribution is -2.08. The van der Waals surface area contributed by atoms with Crippen LogP contribution in [-0.4, -0.2) is 17.6 Å². The normalized spacial score (nSPS) is 18.9. The molecule has 0 radical (unpaired) electrons. The number of rotatable bonds is 6. The van der Waals surface area contributed by atoms with Crippen molar-refractivity contribution in [3.8, 4) is 0 Å². The van der Waals surface area contributed by atoms with E-state index in [4.69, 9.17) is 4.74 Å². The van der Waals surface area contributed by atoms with Gasteiger partial charge in [-0.05, 0) is 48.6 Å². The molecule has 1 fully saturated rings. The second-order valence-electron chi connectivity index (χ2n) is 6.34. The van der Waals surface area contributed by atoms with Crippen LogP contribution in [0.1, 0.15) is 36.0 Å². The van der Waals surface area contributed by atoms with E-state index in [1.54, 1.807) is 19.2 Å². The van der Waals surface area contributed by atoms with E-state index in [0.717, 1.165) is 18.1 Å². The monoisotopic (exact) mass is 442 g/mol. The Morgan fingerprint density at radius 3 is 2.70 bits per heavy atom. The van der Waals surface area contributed by atoms with Gasteiger partial charge in [0, 0.05) is 17.2 Å². The van der Waals surface area contributed by atoms with Gasteiger partial charge in [0.25, 0.3) is 0 Å². The van der Waals surface area contributed by atoms with Crippen molar-refractivity contribution in [3.05, 3.63) is 57.7 Å². The van der Waals surface area contributed by atoms with Gasteiger partial charge in [0.2, 0.25) is 0 Å². The Balaban J connectivity index is 1.57. The van der Waals surface area contributed by atoms with Gasteiger partial charge in [0.05, 0.1) is 18.1 Å². The Kier molecular flexibility index (Phi) is 5.74. The molecule has 4 nitrogen and oxygen atoms in total. The molecule has 0 spiro atoms. The molecule has 1 aliphatic carbocycles. The van der Waals surface area contributed by atoms with E-state index in [1.165, 1.54) is 12.1 Å². The van der Waals surface area contributed by atoms with Gasteiger partial charge in [0.15, 0.2) is 0 Å². The summed E-state index contributed by atoms with van der Waals surface area (Å²) in [5.74, 6) is 0.507. The Morgan fingerprint density at radius 1 is 1.33 bits per heavy atom. The zero-order valence-corrected chi connectivity index (χ0v) is 16.1. The maximum Gasteiger partial charge on any atom is 0.417 e. The number of alkyl halides is 3. The fourth-order valence-electron chi connectivity index (χ4n) is 2.89. The van der Waals surface area contributed by atoms with E-state index in [0.29, 0.717) is 24.5 Å². The second kappa shape index (κ2) is 7.88. The Bertz CT molecular complexity index is 825. The first kappa shape index (κ1) is 19.7. The zero-order valence-electron chi connectivity index (χ0n) is 14.5. The average molecular weight is 443 g/mol. The third-order valence-corrected chi connectivity index (χ3v) is 5.06. The third kappa shape index (κ3) is 4.80. The van der Waals surface area contributed by atoms with Crippen LogP contribution < -0.4 is 5.32 Å². The summed E-state index contributed by atoms with van der Waals surface area (Å²) in [6, 6.07) is 7.64. The summed E-state index contributed by atoms with van der Waals surface area (Å²) in [6.07, 6.45) is -1.89. The molecule has 2 atom stereocenters. The highest BCUT2D eigenvalue weighted by Crippen LogP contribution is 2.48. The molecule has 0 bridgehead atoms. The van der Waals surface area contributed by atoms with Gasteiger partial charge in [0.1, 0.15) is 5.82 Å². The lowest BCUT2D eigenvalue weighted by Gasteiger charge is -2.11. The summed E-state index contributed by atoms with van der Waals surface area (Å²) in [6.45, 7) is 2.51. The van der Waals surface area contributed by atoms with E-state index in [2.05, 4.69) is 26.2 Å². The molecule has 2 aromatic rings. The fourth-order valence-corrected chi connectivity index (χ4v) is 3.54. The van der Waals surface area contributed by atoms with E-state index in [1.807, 2.05) is 6.07 Å². The van der Waals surface area contributed by atoms with Gasteiger partial charge in [-0.25, -0.2) is 4.98 Å². The van der Waals surface area contributed by atoms with Crippen LogP contribution in [0.3, 0.4) is 0 Å². The van der Waals surface area contributed by atoms with Gasteiger partial charge in [-0.1, -0.05) is 28.1 Å². The predicted octanol–water partition coefficient (Wildman–Crippen LogP) is 5.14. The van der Waals surface area contributed by atoms with Gasteiger partial charge in [-0.2, -0.15) is 13.2 Å². The van der Waals surface area contributed by atoms with Crippen molar-refractivity contribution in [1.29, 1.82) is 0 Å². The third-order valence-electron chi connectivity index (χ3n) is 4.41. The predicted molar refractivity (Wildman–Crippen MR) is 98.2 cm³/mol. The Hall–Kier alpha value is -2.09. The molecule has 0 amide bonds. The molecule has 0 unspecified atom stereocenters. The lowest BCUT2D eigenvalue weighted by molar-refractivity contribution is -0.144. The molecular weight excluding hydrogens is 425 g/mol. The number of carbonyl (C=O) groups is 1. The van der Waals surface area contributed by atoms with Crippen LogP contribution in [0.5, 0.6) is 0 Å². The van der Waals surface area contributed by atoms with Crippen LogP contribution in [0.15, 0.2) is 41.0 Å². The highest BCUT2D eigenvalue weighted by atomic mass is 79.9. The smallest absolute Gasteiger partial charge is 0.417 e. The number of pyridine rings is 1. The molecule has 1 aliphatic rings. The molecule has 8 heteroatoms. The average Bonchev–Trinajstić information content (AvgIpc) is 3.40. The minimum absolute atomic E-state index is 0.0105. The Labute approximate surface area is 163 Å². The van der Waals surface area contributed by atoms with Gasteiger partial charge >= 0.3 is 12.1 Å². The SMILES string of the molecule is CCOC(=O)[C@H]1C[C@@H]1c1ccc(NCc2ccc(C(F)(F)F)c(Br)c2)nc1. The molecule has 1 aromatic carbocycles. The molecule has 1 heterocycles. The van der Waals surface area contributed by atoms with Crippen LogP contribution in [-0.2, 0) is 22.3 Å².